The van der Waals surface area contributed by atoms with Crippen LogP contribution in [0, 0.1) is 0 Å². The number of rotatable bonds is 10. The Hall–Kier alpha value is -0.730. The van der Waals surface area contributed by atoms with Crippen molar-refractivity contribution in [2.24, 2.45) is 0 Å². The Kier molecular flexibility index (Phi) is 11.8. The van der Waals surface area contributed by atoms with Gasteiger partial charge in [0, 0.05) is 6.54 Å². The first-order valence-corrected chi connectivity index (χ1v) is 6.65. The number of unbranched alkanes of at least 4 members (excludes halogenated alkanes) is 6. The number of amides is 1. The molecule has 3 heteroatoms. The van der Waals surface area contributed by atoms with Gasteiger partial charge in [0.2, 0.25) is 0 Å². The highest BCUT2D eigenvalue weighted by Gasteiger charge is 2.02. The molecule has 0 spiro atoms. The summed E-state index contributed by atoms with van der Waals surface area (Å²) in [6.45, 7) is 5.48. The van der Waals surface area contributed by atoms with Crippen molar-refractivity contribution < 1.29 is 9.53 Å². The van der Waals surface area contributed by atoms with Gasteiger partial charge in [-0.3, -0.25) is 0 Å². The van der Waals surface area contributed by atoms with E-state index in [4.69, 9.17) is 4.74 Å². The predicted octanol–water partition coefficient (Wildman–Crippen LogP) is 3.89. The van der Waals surface area contributed by atoms with E-state index in [-0.39, 0.29) is 6.09 Å². The summed E-state index contributed by atoms with van der Waals surface area (Å²) in [6, 6.07) is 0. The van der Waals surface area contributed by atoms with Crippen LogP contribution in [0.5, 0.6) is 0 Å². The molecule has 0 heterocycles. The molecule has 0 fully saturated rings. The fourth-order valence-electron chi connectivity index (χ4n) is 1.44. The van der Waals surface area contributed by atoms with E-state index in [1.54, 1.807) is 0 Å². The van der Waals surface area contributed by atoms with Gasteiger partial charge < -0.3 is 4.74 Å². The van der Waals surface area contributed by atoms with Gasteiger partial charge in [0.05, 0.1) is 6.61 Å². The van der Waals surface area contributed by atoms with Crippen molar-refractivity contribution in [2.75, 3.05) is 13.2 Å². The second kappa shape index (κ2) is 12.3. The monoisotopic (exact) mass is 228 g/mol. The summed E-state index contributed by atoms with van der Waals surface area (Å²) in [5.41, 5.74) is 0. The summed E-state index contributed by atoms with van der Waals surface area (Å²) in [5, 5.41) is 3.85. The van der Waals surface area contributed by atoms with Crippen LogP contribution in [0.4, 0.5) is 4.79 Å². The van der Waals surface area contributed by atoms with Crippen LogP contribution >= 0.6 is 0 Å². The summed E-state index contributed by atoms with van der Waals surface area (Å²) >= 11 is 0. The van der Waals surface area contributed by atoms with Crippen molar-refractivity contribution in [3.05, 3.63) is 0 Å². The van der Waals surface area contributed by atoms with Gasteiger partial charge in [0.25, 0.3) is 0 Å². The van der Waals surface area contributed by atoms with Crippen LogP contribution in [-0.4, -0.2) is 19.2 Å². The fourth-order valence-corrected chi connectivity index (χ4v) is 1.44. The molecule has 1 radical (unpaired) electrons. The minimum atomic E-state index is -0.381. The Balaban J connectivity index is 3.12. The Morgan fingerprint density at radius 3 is 2.19 bits per heavy atom. The normalized spacial score (nSPS) is 10.1. The second-order valence-electron chi connectivity index (χ2n) is 4.12. The Morgan fingerprint density at radius 1 is 0.938 bits per heavy atom. The Bertz CT molecular complexity index is 144. The molecule has 3 nitrogen and oxygen atoms in total. The van der Waals surface area contributed by atoms with Crippen LogP contribution in [0.15, 0.2) is 0 Å². The maximum Gasteiger partial charge on any atom is 0.428 e. The molecule has 1 amide bonds. The van der Waals surface area contributed by atoms with Gasteiger partial charge in [0.15, 0.2) is 0 Å². The van der Waals surface area contributed by atoms with E-state index in [1.165, 1.54) is 25.7 Å². The summed E-state index contributed by atoms with van der Waals surface area (Å²) < 4.78 is 4.99. The average Bonchev–Trinajstić information content (AvgIpc) is 2.28. The van der Waals surface area contributed by atoms with Gasteiger partial charge in [-0.25, -0.2) is 10.1 Å². The van der Waals surface area contributed by atoms with Gasteiger partial charge in [-0.1, -0.05) is 52.4 Å². The summed E-state index contributed by atoms with van der Waals surface area (Å²) in [6.07, 6.45) is 8.73. The lowest BCUT2D eigenvalue weighted by molar-refractivity contribution is 0.142. The lowest BCUT2D eigenvalue weighted by atomic mass is 10.2. The smallest absolute Gasteiger partial charge is 0.428 e. The third-order valence-electron chi connectivity index (χ3n) is 2.48. The molecule has 0 unspecified atom stereocenters. The summed E-state index contributed by atoms with van der Waals surface area (Å²) in [5.74, 6) is 0. The van der Waals surface area contributed by atoms with E-state index in [0.29, 0.717) is 13.2 Å². The third kappa shape index (κ3) is 11.3. The molecule has 0 aromatic carbocycles. The molecule has 0 aliphatic carbocycles. The molecule has 0 rings (SSSR count). The van der Waals surface area contributed by atoms with Crippen molar-refractivity contribution in [3.8, 4) is 0 Å². The zero-order valence-electron chi connectivity index (χ0n) is 10.8. The van der Waals surface area contributed by atoms with Crippen molar-refractivity contribution in [1.29, 1.82) is 0 Å². The van der Waals surface area contributed by atoms with E-state index in [1.807, 2.05) is 0 Å². The average molecular weight is 228 g/mol. The lowest BCUT2D eigenvalue weighted by Crippen LogP contribution is -2.18. The quantitative estimate of drug-likeness (QED) is 0.532. The molecule has 0 aliphatic rings. The van der Waals surface area contributed by atoms with Crippen molar-refractivity contribution in [1.82, 2.24) is 5.32 Å². The zero-order valence-corrected chi connectivity index (χ0v) is 10.8. The molecule has 0 saturated heterocycles. The van der Waals surface area contributed by atoms with Crippen LogP contribution in [-0.2, 0) is 4.74 Å². The number of carbonyl (C=O) groups is 1. The van der Waals surface area contributed by atoms with E-state index in [2.05, 4.69) is 19.2 Å². The number of hydrogen-bond donors (Lipinski definition) is 0. The maximum absolute atomic E-state index is 11.1. The number of nitrogens with zero attached hydrogens (tertiary/aromatic N) is 1. The second-order valence-corrected chi connectivity index (χ2v) is 4.12. The van der Waals surface area contributed by atoms with E-state index < -0.39 is 0 Å². The maximum atomic E-state index is 11.1. The Morgan fingerprint density at radius 2 is 1.56 bits per heavy atom. The molecular weight excluding hydrogens is 202 g/mol. The van der Waals surface area contributed by atoms with Crippen LogP contribution in [0.25, 0.3) is 0 Å². The fraction of sp³-hybridized carbons (Fsp3) is 0.923. The van der Waals surface area contributed by atoms with Crippen molar-refractivity contribution >= 4 is 6.09 Å². The minimum absolute atomic E-state index is 0.381. The number of ether oxygens (including phenoxy) is 1. The highest BCUT2D eigenvalue weighted by Crippen LogP contribution is 2.00. The van der Waals surface area contributed by atoms with E-state index in [9.17, 15) is 4.79 Å². The highest BCUT2D eigenvalue weighted by atomic mass is 16.5. The molecule has 0 bridgehead atoms. The minimum Gasteiger partial charge on any atom is -0.448 e. The van der Waals surface area contributed by atoms with Crippen molar-refractivity contribution in [2.45, 2.75) is 65.2 Å². The molecule has 0 aromatic rings. The third-order valence-corrected chi connectivity index (χ3v) is 2.48. The molecule has 0 saturated carbocycles. The van der Waals surface area contributed by atoms with Crippen LogP contribution in [0.3, 0.4) is 0 Å². The van der Waals surface area contributed by atoms with Crippen LogP contribution in [0.2, 0.25) is 0 Å². The SMILES string of the molecule is CCCCCC[N]C(=O)OCCCCCC. The van der Waals surface area contributed by atoms with Crippen LogP contribution in [0.1, 0.15) is 65.2 Å². The number of hydrogen-bond acceptors (Lipinski definition) is 2. The molecule has 0 aliphatic heterocycles. The zero-order chi connectivity index (χ0) is 12.1. The predicted molar refractivity (Wildman–Crippen MR) is 66.6 cm³/mol. The van der Waals surface area contributed by atoms with E-state index in [0.717, 1.165) is 25.7 Å². The van der Waals surface area contributed by atoms with Gasteiger partial charge in [0.1, 0.15) is 0 Å². The lowest BCUT2D eigenvalue weighted by Gasteiger charge is -2.04. The van der Waals surface area contributed by atoms with Gasteiger partial charge in [-0.05, 0) is 12.8 Å². The summed E-state index contributed by atoms with van der Waals surface area (Å²) in [4.78, 5) is 11.1. The first kappa shape index (κ1) is 15.3. The van der Waals surface area contributed by atoms with Gasteiger partial charge in [-0.15, -0.1) is 0 Å². The van der Waals surface area contributed by atoms with Crippen LogP contribution < -0.4 is 5.32 Å². The molecular formula is C13H26NO2. The molecule has 95 valence electrons. The molecule has 0 aromatic heterocycles. The standard InChI is InChI=1S/C13H26NO2/c1-3-5-7-9-11-14-13(15)16-12-10-8-6-4-2/h3-12H2,1-2H3. The molecule has 16 heavy (non-hydrogen) atoms. The molecule has 0 N–H and O–H groups in total. The van der Waals surface area contributed by atoms with Crippen molar-refractivity contribution in [3.63, 3.8) is 0 Å². The molecule has 0 atom stereocenters. The van der Waals surface area contributed by atoms with Gasteiger partial charge >= 0.3 is 6.09 Å². The summed E-state index contributed by atoms with van der Waals surface area (Å²) in [7, 11) is 0. The first-order chi connectivity index (χ1) is 7.81. The highest BCUT2D eigenvalue weighted by molar-refractivity contribution is 5.66. The number of carbonyl (C=O) groups excluding carboxylic acids is 1. The Labute approximate surface area is 99.9 Å². The largest absolute Gasteiger partial charge is 0.448 e. The van der Waals surface area contributed by atoms with E-state index >= 15 is 0 Å². The first-order valence-electron chi connectivity index (χ1n) is 6.65. The van der Waals surface area contributed by atoms with Gasteiger partial charge in [-0.2, -0.15) is 0 Å². The topological polar surface area (TPSA) is 40.4 Å².